The Bertz CT molecular complexity index is 588. The molecule has 14 heavy (non-hydrogen) atoms. The molecule has 0 radical (unpaired) electrons. The highest BCUT2D eigenvalue weighted by atomic mass is 32.2. The molecule has 0 saturated carbocycles. The van der Waals surface area contributed by atoms with Gasteiger partial charge in [0, 0.05) is 10.9 Å². The number of aromatic amines is 1. The highest BCUT2D eigenvalue weighted by Crippen LogP contribution is 2.19. The molecule has 1 heterocycles. The Balaban J connectivity index is 2.75. The van der Waals surface area contributed by atoms with Crippen molar-refractivity contribution < 1.29 is 17.4 Å². The van der Waals surface area contributed by atoms with E-state index in [0.29, 0.717) is 10.9 Å². The highest BCUT2D eigenvalue weighted by molar-refractivity contribution is 7.85. The number of aromatic nitrogens is 1. The Morgan fingerprint density at radius 2 is 2.00 bits per heavy atom. The fraction of sp³-hybridized carbons (Fsp3) is 0. The lowest BCUT2D eigenvalue weighted by Gasteiger charge is -1.89. The zero-order valence-corrected chi connectivity index (χ0v) is 7.68. The van der Waals surface area contributed by atoms with Crippen LogP contribution in [0.4, 0.5) is 4.39 Å². The Kier molecular flexibility index (Phi) is 1.83. The van der Waals surface area contributed by atoms with E-state index >= 15 is 0 Å². The van der Waals surface area contributed by atoms with Crippen LogP contribution in [0.15, 0.2) is 29.3 Å². The fourth-order valence-corrected chi connectivity index (χ4v) is 1.73. The van der Waals surface area contributed by atoms with Gasteiger partial charge in [0.15, 0.2) is 5.03 Å². The van der Waals surface area contributed by atoms with Crippen LogP contribution >= 0.6 is 0 Å². The second-order valence-corrected chi connectivity index (χ2v) is 4.23. The van der Waals surface area contributed by atoms with Gasteiger partial charge in [0.25, 0.3) is 0 Å². The lowest BCUT2D eigenvalue weighted by Crippen LogP contribution is -1.97. The molecular formula is C8H6FNO3S. The largest absolute Gasteiger partial charge is 0.344 e. The van der Waals surface area contributed by atoms with Gasteiger partial charge in [-0.3, -0.25) is 4.55 Å². The number of nitrogens with one attached hydrogen (secondary N) is 1. The first-order valence-corrected chi connectivity index (χ1v) is 5.16. The van der Waals surface area contributed by atoms with Gasteiger partial charge in [-0.2, -0.15) is 8.42 Å². The van der Waals surface area contributed by atoms with E-state index in [0.717, 1.165) is 6.07 Å². The van der Waals surface area contributed by atoms with Crippen LogP contribution in [0.3, 0.4) is 0 Å². The summed E-state index contributed by atoms with van der Waals surface area (Å²) < 4.78 is 42.9. The first-order valence-electron chi connectivity index (χ1n) is 3.72. The summed E-state index contributed by atoms with van der Waals surface area (Å²) in [6, 6.07) is 5.04. The molecule has 2 N–H and O–H groups in total. The lowest BCUT2D eigenvalue weighted by atomic mass is 10.2. The van der Waals surface area contributed by atoms with Gasteiger partial charge in [0.05, 0.1) is 0 Å². The summed E-state index contributed by atoms with van der Waals surface area (Å²) in [6.45, 7) is 0. The number of hydrogen-bond acceptors (Lipinski definition) is 2. The van der Waals surface area contributed by atoms with Crippen LogP contribution in [-0.2, 0) is 10.1 Å². The van der Waals surface area contributed by atoms with Crippen LogP contribution in [0.1, 0.15) is 0 Å². The first-order chi connectivity index (χ1) is 6.47. The monoisotopic (exact) mass is 215 g/mol. The molecule has 2 rings (SSSR count). The highest BCUT2D eigenvalue weighted by Gasteiger charge is 2.12. The molecule has 74 valence electrons. The van der Waals surface area contributed by atoms with E-state index in [4.69, 9.17) is 4.55 Å². The van der Waals surface area contributed by atoms with E-state index < -0.39 is 15.9 Å². The predicted octanol–water partition coefficient (Wildman–Crippen LogP) is 1.55. The van der Waals surface area contributed by atoms with E-state index in [-0.39, 0.29) is 5.03 Å². The quantitative estimate of drug-likeness (QED) is 0.709. The molecule has 0 amide bonds. The molecule has 0 aliphatic rings. The Hall–Kier alpha value is -1.40. The summed E-state index contributed by atoms with van der Waals surface area (Å²) in [7, 11) is -4.26. The summed E-state index contributed by atoms with van der Waals surface area (Å²) in [4.78, 5) is 2.40. The first kappa shape index (κ1) is 9.17. The van der Waals surface area contributed by atoms with Crippen molar-refractivity contribution in [1.29, 1.82) is 0 Å². The number of halogens is 1. The van der Waals surface area contributed by atoms with Crippen LogP contribution in [0.25, 0.3) is 10.9 Å². The van der Waals surface area contributed by atoms with E-state index in [1.54, 1.807) is 0 Å². The average Bonchev–Trinajstić information content (AvgIpc) is 2.45. The van der Waals surface area contributed by atoms with Crippen molar-refractivity contribution in [3.05, 3.63) is 30.1 Å². The molecule has 1 aromatic heterocycles. The second-order valence-electron chi connectivity index (χ2n) is 2.84. The van der Waals surface area contributed by atoms with E-state index in [1.165, 1.54) is 18.2 Å². The summed E-state index contributed by atoms with van der Waals surface area (Å²) in [5.74, 6) is -0.471. The Morgan fingerprint density at radius 3 is 2.64 bits per heavy atom. The summed E-state index contributed by atoms with van der Waals surface area (Å²) in [6.07, 6.45) is 0. The third-order valence-corrected chi connectivity index (χ3v) is 2.61. The molecule has 6 heteroatoms. The Labute approximate surface area is 79.1 Å². The van der Waals surface area contributed by atoms with E-state index in [2.05, 4.69) is 4.98 Å². The van der Waals surface area contributed by atoms with Gasteiger partial charge in [-0.25, -0.2) is 4.39 Å². The van der Waals surface area contributed by atoms with Gasteiger partial charge in [0.1, 0.15) is 5.82 Å². The molecule has 0 aliphatic heterocycles. The second kappa shape index (κ2) is 2.79. The summed E-state index contributed by atoms with van der Waals surface area (Å²) in [5, 5.41) is 0.192. The molecule has 0 fully saturated rings. The van der Waals surface area contributed by atoms with Crippen LogP contribution in [0.5, 0.6) is 0 Å². The maximum absolute atomic E-state index is 12.7. The minimum Gasteiger partial charge on any atom is -0.344 e. The molecular weight excluding hydrogens is 209 g/mol. The minimum atomic E-state index is -4.26. The van der Waals surface area contributed by atoms with Gasteiger partial charge in [-0.05, 0) is 24.3 Å². The molecule has 0 aliphatic carbocycles. The topological polar surface area (TPSA) is 70.2 Å². The van der Waals surface area contributed by atoms with Crippen molar-refractivity contribution in [3.8, 4) is 0 Å². The third kappa shape index (κ3) is 1.49. The smallest absolute Gasteiger partial charge is 0.310 e. The lowest BCUT2D eigenvalue weighted by molar-refractivity contribution is 0.480. The maximum Gasteiger partial charge on any atom is 0.310 e. The molecule has 4 nitrogen and oxygen atoms in total. The van der Waals surface area contributed by atoms with Gasteiger partial charge in [-0.1, -0.05) is 0 Å². The number of H-pyrrole nitrogens is 1. The molecule has 0 bridgehead atoms. The number of fused-ring (bicyclic) bond motifs is 1. The van der Waals surface area contributed by atoms with Crippen molar-refractivity contribution >= 4 is 21.0 Å². The van der Waals surface area contributed by atoms with E-state index in [1.807, 2.05) is 0 Å². The molecule has 0 atom stereocenters. The molecule has 0 saturated heterocycles. The van der Waals surface area contributed by atoms with Crippen molar-refractivity contribution in [2.45, 2.75) is 5.03 Å². The SMILES string of the molecule is O=S(=O)(O)c1cc2ccc(F)cc2[nH]1. The third-order valence-electron chi connectivity index (χ3n) is 1.84. The van der Waals surface area contributed by atoms with Crippen LogP contribution in [0.2, 0.25) is 0 Å². The van der Waals surface area contributed by atoms with Crippen molar-refractivity contribution in [1.82, 2.24) is 4.98 Å². The minimum absolute atomic E-state index is 0.331. The maximum atomic E-state index is 12.7. The van der Waals surface area contributed by atoms with Crippen molar-refractivity contribution in [3.63, 3.8) is 0 Å². The van der Waals surface area contributed by atoms with Crippen LogP contribution in [-0.4, -0.2) is 18.0 Å². The average molecular weight is 215 g/mol. The number of hydrogen-bond donors (Lipinski definition) is 2. The predicted molar refractivity (Wildman–Crippen MR) is 48.1 cm³/mol. The Morgan fingerprint density at radius 1 is 1.29 bits per heavy atom. The zero-order chi connectivity index (χ0) is 10.3. The summed E-state index contributed by atoms with van der Waals surface area (Å²) in [5.41, 5.74) is 0.331. The van der Waals surface area contributed by atoms with Crippen molar-refractivity contribution in [2.24, 2.45) is 0 Å². The van der Waals surface area contributed by atoms with Gasteiger partial charge >= 0.3 is 10.1 Å². The molecule has 1 aromatic carbocycles. The zero-order valence-electron chi connectivity index (χ0n) is 6.86. The fourth-order valence-electron chi connectivity index (χ4n) is 1.21. The van der Waals surface area contributed by atoms with Gasteiger partial charge in [-0.15, -0.1) is 0 Å². The number of benzene rings is 1. The molecule has 0 unspecified atom stereocenters. The standard InChI is InChI=1S/C8H6FNO3S/c9-6-2-1-5-3-8(14(11,12)13)10-7(5)4-6/h1-4,10H,(H,11,12,13). The normalized spacial score (nSPS) is 12.1. The van der Waals surface area contributed by atoms with Gasteiger partial charge < -0.3 is 4.98 Å². The van der Waals surface area contributed by atoms with Crippen LogP contribution < -0.4 is 0 Å². The van der Waals surface area contributed by atoms with E-state index in [9.17, 15) is 12.8 Å². The molecule has 0 spiro atoms. The number of rotatable bonds is 1. The van der Waals surface area contributed by atoms with Gasteiger partial charge in [0.2, 0.25) is 0 Å². The van der Waals surface area contributed by atoms with Crippen molar-refractivity contribution in [2.75, 3.05) is 0 Å². The molecule has 2 aromatic rings. The summed E-state index contributed by atoms with van der Waals surface area (Å²) >= 11 is 0. The van der Waals surface area contributed by atoms with Crippen LogP contribution in [0, 0.1) is 5.82 Å².